The molecule has 6 nitrogen and oxygen atoms in total. The summed E-state index contributed by atoms with van der Waals surface area (Å²) in [5.41, 5.74) is 1.21. The van der Waals surface area contributed by atoms with Crippen LogP contribution in [-0.4, -0.2) is 47.0 Å². The van der Waals surface area contributed by atoms with Crippen LogP contribution in [0.15, 0.2) is 18.2 Å². The summed E-state index contributed by atoms with van der Waals surface area (Å²) in [5, 5.41) is 12.6. The lowest BCUT2D eigenvalue weighted by molar-refractivity contribution is -0.126. The molecule has 3 saturated heterocycles. The molecule has 142 valence electrons. The average molecular weight is 365 g/mol. The molecule has 4 aliphatic rings. The van der Waals surface area contributed by atoms with Gasteiger partial charge in [-0.15, -0.1) is 0 Å². The molecule has 0 spiro atoms. The number of fused-ring (bicyclic) bond motifs is 2. The molecule has 1 saturated carbocycles. The van der Waals surface area contributed by atoms with Gasteiger partial charge >= 0.3 is 0 Å². The van der Waals surface area contributed by atoms with Crippen LogP contribution in [0.5, 0.6) is 0 Å². The van der Waals surface area contributed by atoms with E-state index < -0.39 is 0 Å². The van der Waals surface area contributed by atoms with Crippen molar-refractivity contribution in [3.8, 4) is 6.19 Å². The van der Waals surface area contributed by atoms with E-state index in [0.29, 0.717) is 12.0 Å². The van der Waals surface area contributed by atoms with Gasteiger partial charge in [-0.25, -0.2) is 4.98 Å². The van der Waals surface area contributed by atoms with Gasteiger partial charge in [0, 0.05) is 30.7 Å². The molecule has 4 fully saturated rings. The number of piperidine rings is 1. The third-order valence-corrected chi connectivity index (χ3v) is 6.85. The maximum absolute atomic E-state index is 12.9. The maximum Gasteiger partial charge on any atom is 0.225 e. The van der Waals surface area contributed by atoms with Crippen molar-refractivity contribution in [2.45, 2.75) is 69.0 Å². The predicted octanol–water partition coefficient (Wildman–Crippen LogP) is 2.38. The van der Waals surface area contributed by atoms with Crippen LogP contribution in [0.3, 0.4) is 0 Å². The topological polar surface area (TPSA) is 72.3 Å². The van der Waals surface area contributed by atoms with E-state index in [1.807, 2.05) is 4.90 Å². The third kappa shape index (κ3) is 3.13. The number of hydrogen-bond donors (Lipinski definition) is 1. The minimum absolute atomic E-state index is 0.0137. The van der Waals surface area contributed by atoms with Gasteiger partial charge in [0.1, 0.15) is 5.82 Å². The van der Waals surface area contributed by atoms with E-state index in [1.165, 1.54) is 18.5 Å². The van der Waals surface area contributed by atoms with Crippen molar-refractivity contribution in [2.24, 2.45) is 5.92 Å². The fourth-order valence-corrected chi connectivity index (χ4v) is 5.22. The lowest BCUT2D eigenvalue weighted by atomic mass is 9.93. The maximum atomic E-state index is 12.9. The van der Waals surface area contributed by atoms with E-state index in [9.17, 15) is 10.1 Å². The minimum atomic E-state index is 0.0137. The summed E-state index contributed by atoms with van der Waals surface area (Å²) in [6, 6.07) is 6.99. The van der Waals surface area contributed by atoms with Crippen molar-refractivity contribution in [1.29, 1.82) is 5.26 Å². The molecule has 0 unspecified atom stereocenters. The van der Waals surface area contributed by atoms with Crippen LogP contribution in [0, 0.1) is 17.4 Å². The number of amides is 1. The first-order valence-electron chi connectivity index (χ1n) is 10.4. The van der Waals surface area contributed by atoms with E-state index in [0.717, 1.165) is 51.0 Å². The Kier molecular flexibility index (Phi) is 4.18. The molecule has 1 aromatic heterocycles. The Morgan fingerprint density at radius 1 is 1.22 bits per heavy atom. The number of nitrogens with one attached hydrogen (secondary N) is 1. The Balaban J connectivity index is 1.23. The monoisotopic (exact) mass is 365 g/mol. The largest absolute Gasteiger partial charge is 0.356 e. The molecule has 0 aromatic carbocycles. The van der Waals surface area contributed by atoms with Gasteiger partial charge in [0.25, 0.3) is 0 Å². The summed E-state index contributed by atoms with van der Waals surface area (Å²) >= 11 is 0. The molecular weight excluding hydrogens is 338 g/mol. The lowest BCUT2D eigenvalue weighted by Gasteiger charge is -2.34. The quantitative estimate of drug-likeness (QED) is 0.830. The highest BCUT2D eigenvalue weighted by atomic mass is 16.2. The fourth-order valence-electron chi connectivity index (χ4n) is 5.22. The average Bonchev–Trinajstić information content (AvgIpc) is 3.42. The molecule has 4 atom stereocenters. The van der Waals surface area contributed by atoms with Crippen molar-refractivity contribution in [3.05, 3.63) is 23.9 Å². The molecule has 27 heavy (non-hydrogen) atoms. The molecule has 6 heteroatoms. The molecule has 1 N–H and O–H groups in total. The Labute approximate surface area is 160 Å². The smallest absolute Gasteiger partial charge is 0.225 e. The molecule has 1 amide bonds. The number of rotatable bonds is 4. The SMILES string of the molecule is N#CN1[C@H]2CC[C@@H]1[C@H](NC(=O)[C@H]1CCCN(c3cccc(C4CC4)n3)C1)C2. The molecule has 1 aliphatic carbocycles. The van der Waals surface area contributed by atoms with Crippen LogP contribution in [0.25, 0.3) is 0 Å². The zero-order chi connectivity index (χ0) is 18.4. The Bertz CT molecular complexity index is 770. The first kappa shape index (κ1) is 16.9. The van der Waals surface area contributed by atoms with Gasteiger partial charge in [0.15, 0.2) is 6.19 Å². The Hall–Kier alpha value is -2.29. The molecular formula is C21H27N5O. The zero-order valence-corrected chi connectivity index (χ0v) is 15.7. The number of aromatic nitrogens is 1. The van der Waals surface area contributed by atoms with Crippen LogP contribution in [0.1, 0.15) is 56.6 Å². The number of nitrogens with zero attached hydrogens (tertiary/aromatic N) is 4. The number of carbonyl (C=O) groups is 1. The number of hydrogen-bond acceptors (Lipinski definition) is 5. The molecule has 2 bridgehead atoms. The highest BCUT2D eigenvalue weighted by Crippen LogP contribution is 2.40. The summed E-state index contributed by atoms with van der Waals surface area (Å²) in [6.45, 7) is 1.72. The van der Waals surface area contributed by atoms with Gasteiger partial charge in [0.2, 0.25) is 5.91 Å². The predicted molar refractivity (Wildman–Crippen MR) is 102 cm³/mol. The van der Waals surface area contributed by atoms with E-state index in [1.54, 1.807) is 0 Å². The molecule has 5 rings (SSSR count). The summed E-state index contributed by atoms with van der Waals surface area (Å²) in [5.74, 6) is 1.84. The van der Waals surface area contributed by atoms with Crippen molar-refractivity contribution in [3.63, 3.8) is 0 Å². The minimum Gasteiger partial charge on any atom is -0.356 e. The van der Waals surface area contributed by atoms with E-state index >= 15 is 0 Å². The van der Waals surface area contributed by atoms with Crippen LogP contribution in [0.2, 0.25) is 0 Å². The second-order valence-corrected chi connectivity index (χ2v) is 8.64. The van der Waals surface area contributed by atoms with Gasteiger partial charge in [0.05, 0.1) is 18.0 Å². The van der Waals surface area contributed by atoms with E-state index in [2.05, 4.69) is 34.6 Å². The fraction of sp³-hybridized carbons (Fsp3) is 0.667. The van der Waals surface area contributed by atoms with Crippen LogP contribution in [0.4, 0.5) is 5.82 Å². The van der Waals surface area contributed by atoms with Gasteiger partial charge in [-0.2, -0.15) is 5.26 Å². The van der Waals surface area contributed by atoms with Crippen LogP contribution >= 0.6 is 0 Å². The highest BCUT2D eigenvalue weighted by Gasteiger charge is 2.47. The van der Waals surface area contributed by atoms with Crippen LogP contribution in [-0.2, 0) is 4.79 Å². The Morgan fingerprint density at radius 3 is 2.89 bits per heavy atom. The molecule has 1 aromatic rings. The number of pyridine rings is 1. The second-order valence-electron chi connectivity index (χ2n) is 8.64. The summed E-state index contributed by atoms with van der Waals surface area (Å²) in [6.07, 6.45) is 9.83. The first-order valence-corrected chi connectivity index (χ1v) is 10.4. The lowest BCUT2D eigenvalue weighted by Crippen LogP contribution is -2.49. The Morgan fingerprint density at radius 2 is 2.11 bits per heavy atom. The van der Waals surface area contributed by atoms with E-state index in [-0.39, 0.29) is 23.9 Å². The number of anilines is 1. The zero-order valence-electron chi connectivity index (χ0n) is 15.7. The van der Waals surface area contributed by atoms with Crippen molar-refractivity contribution in [1.82, 2.24) is 15.2 Å². The van der Waals surface area contributed by atoms with Crippen molar-refractivity contribution in [2.75, 3.05) is 18.0 Å². The summed E-state index contributed by atoms with van der Waals surface area (Å²) < 4.78 is 0. The summed E-state index contributed by atoms with van der Waals surface area (Å²) in [4.78, 5) is 22.0. The van der Waals surface area contributed by atoms with Crippen molar-refractivity contribution < 1.29 is 4.79 Å². The molecule has 4 heterocycles. The first-order chi connectivity index (χ1) is 13.2. The van der Waals surface area contributed by atoms with Gasteiger partial charge in [-0.05, 0) is 57.1 Å². The number of carbonyl (C=O) groups excluding carboxylic acids is 1. The molecule has 3 aliphatic heterocycles. The van der Waals surface area contributed by atoms with Gasteiger partial charge < -0.3 is 15.1 Å². The third-order valence-electron chi connectivity index (χ3n) is 6.85. The van der Waals surface area contributed by atoms with Gasteiger partial charge in [-0.1, -0.05) is 6.07 Å². The normalized spacial score (nSPS) is 32.4. The standard InChI is InChI=1S/C21H27N5O/c22-13-26-16-8-9-19(26)18(11-16)24-21(27)15-3-2-10-25(12-15)20-5-1-4-17(23-20)14-6-7-14/h1,4-5,14-16,18-19H,2-3,6-12H2,(H,24,27)/t15-,16-,18+,19+/m0/s1. The summed E-state index contributed by atoms with van der Waals surface area (Å²) in [7, 11) is 0. The van der Waals surface area contributed by atoms with Gasteiger partial charge in [-0.3, -0.25) is 4.79 Å². The number of nitriles is 1. The second kappa shape index (κ2) is 6.70. The van der Waals surface area contributed by atoms with Crippen LogP contribution < -0.4 is 10.2 Å². The highest BCUT2D eigenvalue weighted by molar-refractivity contribution is 5.80. The molecule has 0 radical (unpaired) electrons. The van der Waals surface area contributed by atoms with Crippen molar-refractivity contribution >= 4 is 11.7 Å². The van der Waals surface area contributed by atoms with E-state index in [4.69, 9.17) is 4.98 Å².